The number of allylic oxidation sites excluding steroid dienone is 4. The second kappa shape index (κ2) is 35.7. The molecule has 0 bridgehead atoms. The predicted octanol–water partition coefficient (Wildman–Crippen LogP) is 11.1. The molecule has 0 aromatic heterocycles. The van der Waals surface area contributed by atoms with Crippen molar-refractivity contribution in [3.63, 3.8) is 0 Å². The summed E-state index contributed by atoms with van der Waals surface area (Å²) in [7, 11) is 1.28. The second-order valence-electron chi connectivity index (χ2n) is 16.0. The van der Waals surface area contributed by atoms with Crippen LogP contribution in [0.15, 0.2) is 24.3 Å². The van der Waals surface area contributed by atoms with Gasteiger partial charge < -0.3 is 28.8 Å². The van der Waals surface area contributed by atoms with Crippen LogP contribution in [0.1, 0.15) is 194 Å². The van der Waals surface area contributed by atoms with Crippen molar-refractivity contribution >= 4 is 13.7 Å². The molecular formula is C43H85N2O6P. The maximum Gasteiger partial charge on any atom is 0.268 e. The van der Waals surface area contributed by atoms with Crippen molar-refractivity contribution in [2.24, 2.45) is 0 Å². The van der Waals surface area contributed by atoms with E-state index in [9.17, 15) is 19.4 Å². The fourth-order valence-corrected chi connectivity index (χ4v) is 6.87. The second-order valence-corrected chi connectivity index (χ2v) is 17.4. The van der Waals surface area contributed by atoms with Crippen LogP contribution in [0.3, 0.4) is 0 Å². The summed E-state index contributed by atoms with van der Waals surface area (Å²) in [5.74, 6) is -0.184. The van der Waals surface area contributed by atoms with Gasteiger partial charge in [-0.05, 0) is 64.2 Å². The molecule has 0 saturated carbocycles. The number of aliphatic hydroxyl groups excluding tert-OH is 1. The van der Waals surface area contributed by atoms with Gasteiger partial charge in [0, 0.05) is 6.42 Å². The maximum absolute atomic E-state index is 12.8. The van der Waals surface area contributed by atoms with Crippen LogP contribution in [0.2, 0.25) is 0 Å². The number of carbonyl (C=O) groups excluding carboxylic acids is 1. The van der Waals surface area contributed by atoms with Gasteiger partial charge in [0.2, 0.25) is 5.91 Å². The fraction of sp³-hybridized carbons (Fsp3) is 0.884. The van der Waals surface area contributed by atoms with E-state index in [4.69, 9.17) is 9.05 Å². The zero-order chi connectivity index (χ0) is 38.6. The fourth-order valence-electron chi connectivity index (χ4n) is 6.14. The standard InChI is InChI=1S/C43H85N2O6P/c1-6-8-10-12-14-16-18-20-22-23-24-26-28-30-32-34-36-42(46)41(40-51-52(48,49)50-39-38-45(3,4)5)44-43(47)37-35-33-31-29-27-25-21-19-17-15-13-11-9-7-2/h19,21,26,28,41-42,46H,6-18,20,22-25,27,29-40H2,1-5H3,(H-,44,47,48,49)/b21-19+,28-26+/t41-,42+/m0/s1. The van der Waals surface area contributed by atoms with Gasteiger partial charge in [-0.3, -0.25) is 9.36 Å². The average Bonchev–Trinajstić information content (AvgIpc) is 3.09. The van der Waals surface area contributed by atoms with Crippen molar-refractivity contribution in [1.29, 1.82) is 0 Å². The highest BCUT2D eigenvalue weighted by atomic mass is 31.2. The number of amides is 1. The Hall–Kier alpha value is -1.02. The topological polar surface area (TPSA) is 108 Å². The molecule has 0 saturated heterocycles. The summed E-state index contributed by atoms with van der Waals surface area (Å²) >= 11 is 0. The lowest BCUT2D eigenvalue weighted by molar-refractivity contribution is -0.870. The molecule has 0 fully saturated rings. The summed E-state index contributed by atoms with van der Waals surface area (Å²) in [5, 5.41) is 13.9. The average molecular weight is 757 g/mol. The van der Waals surface area contributed by atoms with Gasteiger partial charge in [0.05, 0.1) is 39.9 Å². The van der Waals surface area contributed by atoms with Gasteiger partial charge in [0.25, 0.3) is 7.82 Å². The van der Waals surface area contributed by atoms with Crippen molar-refractivity contribution in [3.8, 4) is 0 Å². The van der Waals surface area contributed by atoms with Gasteiger partial charge in [-0.25, -0.2) is 0 Å². The van der Waals surface area contributed by atoms with Crippen molar-refractivity contribution in [1.82, 2.24) is 5.32 Å². The van der Waals surface area contributed by atoms with Crippen LogP contribution in [0.4, 0.5) is 0 Å². The molecule has 9 heteroatoms. The minimum absolute atomic E-state index is 0.00593. The maximum atomic E-state index is 12.8. The summed E-state index contributed by atoms with van der Waals surface area (Å²) in [6.07, 6.45) is 40.3. The number of phosphoric acid groups is 1. The van der Waals surface area contributed by atoms with E-state index in [1.54, 1.807) is 0 Å². The van der Waals surface area contributed by atoms with E-state index >= 15 is 0 Å². The van der Waals surface area contributed by atoms with Crippen molar-refractivity contribution in [3.05, 3.63) is 24.3 Å². The van der Waals surface area contributed by atoms with E-state index in [1.807, 2.05) is 21.1 Å². The Bertz CT molecular complexity index is 907. The highest BCUT2D eigenvalue weighted by molar-refractivity contribution is 7.45. The first-order valence-corrected chi connectivity index (χ1v) is 23.1. The number of unbranched alkanes of at least 4 members (excludes halogenated alkanes) is 22. The van der Waals surface area contributed by atoms with Crippen molar-refractivity contribution in [2.75, 3.05) is 40.9 Å². The Kier molecular flexibility index (Phi) is 35.0. The first-order chi connectivity index (χ1) is 25.0. The molecule has 0 aliphatic rings. The molecule has 0 radical (unpaired) electrons. The molecule has 52 heavy (non-hydrogen) atoms. The first kappa shape index (κ1) is 51.0. The molecule has 1 amide bonds. The third kappa shape index (κ3) is 37.3. The normalized spacial score (nSPS) is 14.7. The summed E-state index contributed by atoms with van der Waals surface area (Å²) in [5.41, 5.74) is 0. The number of likely N-dealkylation sites (N-methyl/N-ethyl adjacent to an activating group) is 1. The Morgan fingerprint density at radius 3 is 1.50 bits per heavy atom. The lowest BCUT2D eigenvalue weighted by Gasteiger charge is -2.30. The molecule has 0 rings (SSSR count). The summed E-state index contributed by atoms with van der Waals surface area (Å²) in [4.78, 5) is 25.3. The van der Waals surface area contributed by atoms with E-state index in [2.05, 4.69) is 43.5 Å². The number of carbonyl (C=O) groups is 1. The summed E-state index contributed by atoms with van der Waals surface area (Å²) in [6.45, 7) is 4.67. The number of quaternary nitrogens is 1. The van der Waals surface area contributed by atoms with Crippen LogP contribution in [0.5, 0.6) is 0 Å². The van der Waals surface area contributed by atoms with E-state index in [1.165, 1.54) is 109 Å². The third-order valence-corrected chi connectivity index (χ3v) is 10.6. The number of aliphatic hydroxyl groups is 1. The Morgan fingerprint density at radius 1 is 0.654 bits per heavy atom. The monoisotopic (exact) mass is 757 g/mol. The van der Waals surface area contributed by atoms with Gasteiger partial charge in [-0.15, -0.1) is 0 Å². The molecule has 0 spiro atoms. The van der Waals surface area contributed by atoms with E-state index in [0.717, 1.165) is 57.8 Å². The van der Waals surface area contributed by atoms with E-state index in [-0.39, 0.29) is 19.1 Å². The molecule has 0 aromatic rings. The third-order valence-electron chi connectivity index (χ3n) is 9.66. The largest absolute Gasteiger partial charge is 0.756 e. The lowest BCUT2D eigenvalue weighted by Crippen LogP contribution is -2.46. The highest BCUT2D eigenvalue weighted by Gasteiger charge is 2.24. The number of nitrogens with one attached hydrogen (secondary N) is 1. The minimum Gasteiger partial charge on any atom is -0.756 e. The molecule has 0 aliphatic heterocycles. The molecule has 308 valence electrons. The quantitative estimate of drug-likeness (QED) is 0.0280. The first-order valence-electron chi connectivity index (χ1n) is 21.7. The molecule has 3 atom stereocenters. The lowest BCUT2D eigenvalue weighted by atomic mass is 10.0. The van der Waals surface area contributed by atoms with Crippen molar-refractivity contribution in [2.45, 2.75) is 206 Å². The highest BCUT2D eigenvalue weighted by Crippen LogP contribution is 2.38. The smallest absolute Gasteiger partial charge is 0.268 e. The van der Waals surface area contributed by atoms with Gasteiger partial charge in [0.1, 0.15) is 13.2 Å². The van der Waals surface area contributed by atoms with E-state index in [0.29, 0.717) is 23.9 Å². The number of rotatable bonds is 39. The molecule has 0 aromatic carbocycles. The Morgan fingerprint density at radius 2 is 1.06 bits per heavy atom. The van der Waals surface area contributed by atoms with Crippen LogP contribution in [-0.4, -0.2) is 68.5 Å². The molecule has 0 aliphatic carbocycles. The van der Waals surface area contributed by atoms with Gasteiger partial charge in [-0.2, -0.15) is 0 Å². The zero-order valence-electron chi connectivity index (χ0n) is 34.8. The van der Waals surface area contributed by atoms with Gasteiger partial charge in [0.15, 0.2) is 0 Å². The molecular weight excluding hydrogens is 671 g/mol. The molecule has 8 nitrogen and oxygen atoms in total. The number of hydrogen-bond acceptors (Lipinski definition) is 6. The van der Waals surface area contributed by atoms with Gasteiger partial charge >= 0.3 is 0 Å². The van der Waals surface area contributed by atoms with Crippen LogP contribution in [-0.2, 0) is 18.4 Å². The molecule has 1 unspecified atom stereocenters. The van der Waals surface area contributed by atoms with Crippen LogP contribution in [0, 0.1) is 0 Å². The molecule has 0 heterocycles. The van der Waals surface area contributed by atoms with Crippen LogP contribution < -0.4 is 10.2 Å². The van der Waals surface area contributed by atoms with E-state index < -0.39 is 20.0 Å². The number of nitrogens with zero attached hydrogens (tertiary/aromatic N) is 1. The van der Waals surface area contributed by atoms with Crippen LogP contribution in [0.25, 0.3) is 0 Å². The SMILES string of the molecule is CCCCCCC/C=C/CCCCCCCC(=O)N[C@@H](COP(=O)([O-])OCC[N+](C)(C)C)[C@H](O)CCCC/C=C/CCCCCCCCCCCC. The van der Waals surface area contributed by atoms with Crippen molar-refractivity contribution < 1.29 is 32.9 Å². The van der Waals surface area contributed by atoms with Crippen LogP contribution >= 0.6 is 7.82 Å². The zero-order valence-corrected chi connectivity index (χ0v) is 35.7. The van der Waals surface area contributed by atoms with Gasteiger partial charge in [-0.1, -0.05) is 147 Å². The summed E-state index contributed by atoms with van der Waals surface area (Å²) in [6, 6.07) is -0.818. The minimum atomic E-state index is -4.57. The number of phosphoric ester groups is 1. The Balaban J connectivity index is 4.44. The number of hydrogen-bond donors (Lipinski definition) is 2. The Labute approximate surface area is 322 Å². The predicted molar refractivity (Wildman–Crippen MR) is 219 cm³/mol. The summed E-state index contributed by atoms with van der Waals surface area (Å²) < 4.78 is 23.2. The molecule has 2 N–H and O–H groups in total.